The molecule has 0 bridgehead atoms. The molecule has 4 nitrogen and oxygen atoms in total. The Hall–Kier alpha value is -1.00. The Balaban J connectivity index is 2.94. The number of nitrogens with zero attached hydrogens (tertiary/aromatic N) is 1. The van der Waals surface area contributed by atoms with Crippen molar-refractivity contribution in [1.82, 2.24) is 9.88 Å². The molecule has 0 saturated carbocycles. The Morgan fingerprint density at radius 1 is 1.58 bits per heavy atom. The second-order valence-corrected chi connectivity index (χ2v) is 5.90. The van der Waals surface area contributed by atoms with Gasteiger partial charge in [0.2, 0.25) is 0 Å². The largest absolute Gasteiger partial charge is 0.344 e. The van der Waals surface area contributed by atoms with Crippen LogP contribution in [-0.2, 0) is 6.54 Å². The fraction of sp³-hybridized carbons (Fsp3) is 0.643. The van der Waals surface area contributed by atoms with Gasteiger partial charge in [-0.2, -0.15) is 0 Å². The van der Waals surface area contributed by atoms with Crippen molar-refractivity contribution in [3.05, 3.63) is 23.0 Å². The molecule has 1 amide bonds. The zero-order chi connectivity index (χ0) is 14.6. The average Bonchev–Trinajstić information content (AvgIpc) is 2.70. The minimum absolute atomic E-state index is 0.123. The maximum Gasteiger partial charge on any atom is 0.268 e. The number of hydrogen-bond donors (Lipinski definition) is 2. The molecule has 0 aromatic carbocycles. The van der Waals surface area contributed by atoms with E-state index in [2.05, 4.69) is 12.2 Å². The quantitative estimate of drug-likeness (QED) is 0.844. The fourth-order valence-corrected chi connectivity index (χ4v) is 2.07. The Labute approximate surface area is 120 Å². The topological polar surface area (TPSA) is 60.0 Å². The first-order valence-corrected chi connectivity index (χ1v) is 7.10. The molecule has 1 rings (SSSR count). The molecular formula is C14H24ClN3O. The van der Waals surface area contributed by atoms with Gasteiger partial charge in [-0.15, -0.1) is 0 Å². The second-order valence-electron chi connectivity index (χ2n) is 5.47. The van der Waals surface area contributed by atoms with Crippen LogP contribution in [0.1, 0.15) is 44.6 Å². The van der Waals surface area contributed by atoms with E-state index < -0.39 is 5.54 Å². The molecule has 19 heavy (non-hydrogen) atoms. The molecule has 0 fully saturated rings. The van der Waals surface area contributed by atoms with Gasteiger partial charge in [-0.1, -0.05) is 32.4 Å². The van der Waals surface area contributed by atoms with Crippen LogP contribution in [0.2, 0.25) is 5.02 Å². The number of aryl methyl sites for hydroxylation is 1. The lowest BCUT2D eigenvalue weighted by Crippen LogP contribution is -2.55. The Morgan fingerprint density at radius 2 is 2.21 bits per heavy atom. The van der Waals surface area contributed by atoms with Crippen molar-refractivity contribution in [3.8, 4) is 0 Å². The fourth-order valence-electron chi connectivity index (χ4n) is 1.85. The second kappa shape index (κ2) is 6.44. The zero-order valence-corrected chi connectivity index (χ0v) is 12.9. The first kappa shape index (κ1) is 16.1. The molecular weight excluding hydrogens is 262 g/mol. The lowest BCUT2D eigenvalue weighted by molar-refractivity contribution is 0.0873. The van der Waals surface area contributed by atoms with E-state index in [1.54, 1.807) is 12.3 Å². The van der Waals surface area contributed by atoms with Gasteiger partial charge >= 0.3 is 0 Å². The van der Waals surface area contributed by atoms with Gasteiger partial charge in [0.15, 0.2) is 0 Å². The van der Waals surface area contributed by atoms with E-state index in [4.69, 9.17) is 17.3 Å². The van der Waals surface area contributed by atoms with Gasteiger partial charge in [0.1, 0.15) is 5.69 Å². The Kier molecular flexibility index (Phi) is 5.44. The third kappa shape index (κ3) is 3.74. The van der Waals surface area contributed by atoms with E-state index in [0.29, 0.717) is 17.3 Å². The van der Waals surface area contributed by atoms with Gasteiger partial charge in [0.25, 0.3) is 5.91 Å². The lowest BCUT2D eigenvalue weighted by atomic mass is 9.88. The highest BCUT2D eigenvalue weighted by Gasteiger charge is 2.29. The number of carbonyl (C=O) groups excluding carboxylic acids is 1. The van der Waals surface area contributed by atoms with E-state index in [1.165, 1.54) is 0 Å². The zero-order valence-electron chi connectivity index (χ0n) is 12.2. The highest BCUT2D eigenvalue weighted by atomic mass is 35.5. The average molecular weight is 286 g/mol. The predicted octanol–water partition coefficient (Wildman–Crippen LogP) is 2.65. The standard InChI is InChI=1S/C14H24ClN3O/c1-5-6-18-8-11(15)7-12(18)13(19)17-14(4,9-16)10(2)3/h7-8,10H,5-6,9,16H2,1-4H3,(H,17,19). The van der Waals surface area contributed by atoms with Gasteiger partial charge in [0, 0.05) is 19.3 Å². The highest BCUT2D eigenvalue weighted by Crippen LogP contribution is 2.19. The van der Waals surface area contributed by atoms with Crippen LogP contribution in [-0.4, -0.2) is 22.6 Å². The normalized spacial score (nSPS) is 14.5. The Morgan fingerprint density at radius 3 is 2.68 bits per heavy atom. The SMILES string of the molecule is CCCn1cc(Cl)cc1C(=O)NC(C)(CN)C(C)C. The number of nitrogens with one attached hydrogen (secondary N) is 1. The van der Waals surface area contributed by atoms with Crippen molar-refractivity contribution in [2.45, 2.75) is 46.2 Å². The van der Waals surface area contributed by atoms with E-state index in [-0.39, 0.29) is 11.8 Å². The molecule has 1 aromatic rings. The molecule has 0 aliphatic carbocycles. The summed E-state index contributed by atoms with van der Waals surface area (Å²) in [4.78, 5) is 12.4. The molecule has 5 heteroatoms. The first-order chi connectivity index (χ1) is 8.84. The molecule has 1 aromatic heterocycles. The van der Waals surface area contributed by atoms with Gasteiger partial charge in [-0.3, -0.25) is 4.79 Å². The number of rotatable bonds is 6. The third-order valence-corrected chi connectivity index (χ3v) is 3.86. The van der Waals surface area contributed by atoms with E-state index in [1.807, 2.05) is 25.3 Å². The third-order valence-electron chi connectivity index (χ3n) is 3.66. The molecule has 0 radical (unpaired) electrons. The van der Waals surface area contributed by atoms with Crippen LogP contribution in [0.3, 0.4) is 0 Å². The van der Waals surface area contributed by atoms with Crippen LogP contribution in [0, 0.1) is 5.92 Å². The number of carbonyl (C=O) groups is 1. The summed E-state index contributed by atoms with van der Waals surface area (Å²) in [5.41, 5.74) is 5.97. The van der Waals surface area contributed by atoms with E-state index >= 15 is 0 Å². The van der Waals surface area contributed by atoms with Crippen molar-refractivity contribution >= 4 is 17.5 Å². The van der Waals surface area contributed by atoms with Crippen LogP contribution in [0.5, 0.6) is 0 Å². The summed E-state index contributed by atoms with van der Waals surface area (Å²) in [6.07, 6.45) is 2.73. The molecule has 1 atom stereocenters. The Bertz CT molecular complexity index is 442. The van der Waals surface area contributed by atoms with Crippen molar-refractivity contribution in [1.29, 1.82) is 0 Å². The summed E-state index contributed by atoms with van der Waals surface area (Å²) in [5.74, 6) is 0.133. The van der Waals surface area contributed by atoms with E-state index in [0.717, 1.165) is 13.0 Å². The number of halogens is 1. The van der Waals surface area contributed by atoms with Crippen LogP contribution < -0.4 is 11.1 Å². The number of aromatic nitrogens is 1. The summed E-state index contributed by atoms with van der Waals surface area (Å²) in [6.45, 7) is 9.30. The van der Waals surface area contributed by atoms with Gasteiger partial charge in [0.05, 0.1) is 10.6 Å². The maximum absolute atomic E-state index is 12.4. The number of hydrogen-bond acceptors (Lipinski definition) is 2. The highest BCUT2D eigenvalue weighted by molar-refractivity contribution is 6.31. The number of nitrogens with two attached hydrogens (primary N) is 1. The van der Waals surface area contributed by atoms with Crippen LogP contribution >= 0.6 is 11.6 Å². The molecule has 0 spiro atoms. The predicted molar refractivity (Wildman–Crippen MR) is 79.5 cm³/mol. The van der Waals surface area contributed by atoms with Crippen molar-refractivity contribution in [2.24, 2.45) is 11.7 Å². The summed E-state index contributed by atoms with van der Waals surface area (Å²) < 4.78 is 1.88. The minimum atomic E-state index is -0.412. The summed E-state index contributed by atoms with van der Waals surface area (Å²) in [6, 6.07) is 1.70. The molecule has 1 heterocycles. The molecule has 108 valence electrons. The van der Waals surface area contributed by atoms with Gasteiger partial charge in [-0.05, 0) is 25.3 Å². The monoisotopic (exact) mass is 285 g/mol. The summed E-state index contributed by atoms with van der Waals surface area (Å²) in [7, 11) is 0. The van der Waals surface area contributed by atoms with Crippen molar-refractivity contribution < 1.29 is 4.79 Å². The first-order valence-electron chi connectivity index (χ1n) is 6.72. The van der Waals surface area contributed by atoms with Crippen LogP contribution in [0.25, 0.3) is 0 Å². The smallest absolute Gasteiger partial charge is 0.268 e. The minimum Gasteiger partial charge on any atom is -0.344 e. The van der Waals surface area contributed by atoms with Crippen molar-refractivity contribution in [2.75, 3.05) is 6.54 Å². The van der Waals surface area contributed by atoms with Gasteiger partial charge in [-0.25, -0.2) is 0 Å². The molecule has 3 N–H and O–H groups in total. The lowest BCUT2D eigenvalue weighted by Gasteiger charge is -2.33. The number of amides is 1. The van der Waals surface area contributed by atoms with Crippen LogP contribution in [0.4, 0.5) is 0 Å². The summed E-state index contributed by atoms with van der Waals surface area (Å²) in [5, 5.41) is 3.61. The molecule has 0 saturated heterocycles. The van der Waals surface area contributed by atoms with Crippen LogP contribution in [0.15, 0.2) is 12.3 Å². The maximum atomic E-state index is 12.4. The van der Waals surface area contributed by atoms with E-state index in [9.17, 15) is 4.79 Å². The summed E-state index contributed by atoms with van der Waals surface area (Å²) >= 11 is 5.99. The molecule has 1 unspecified atom stereocenters. The van der Waals surface area contributed by atoms with Crippen molar-refractivity contribution in [3.63, 3.8) is 0 Å². The van der Waals surface area contributed by atoms with Gasteiger partial charge < -0.3 is 15.6 Å². The molecule has 0 aliphatic rings. The molecule has 0 aliphatic heterocycles.